The smallest absolute Gasteiger partial charge is 0.308 e. The zero-order chi connectivity index (χ0) is 14.9. The number of carbonyl (C=O) groups excluding carboxylic acids is 1. The predicted octanol–water partition coefficient (Wildman–Crippen LogP) is 2.73. The topological polar surface area (TPSA) is 57.6 Å². The normalized spacial score (nSPS) is 22.4. The number of aryl methyl sites for hydroxylation is 1. The Kier molecular flexibility index (Phi) is 4.48. The standard InChI is InChI=1S/C15H21NO3S/c1-4-16(8-10(3)15(18)19)14(17)12-7-11(12)13-9(2)5-6-20-13/h5-6,10-12H,4,7-8H2,1-3H3,(H,18,19)/t10-,11-,12+/m0/s1. The largest absolute Gasteiger partial charge is 0.481 e. The first-order valence-corrected chi connectivity index (χ1v) is 7.89. The number of carboxylic acid groups (broad SMARTS) is 1. The van der Waals surface area contributed by atoms with Crippen LogP contribution in [0.1, 0.15) is 36.6 Å². The minimum absolute atomic E-state index is 0.0493. The second-order valence-electron chi connectivity index (χ2n) is 5.53. The maximum absolute atomic E-state index is 12.4. The Morgan fingerprint density at radius 1 is 1.55 bits per heavy atom. The summed E-state index contributed by atoms with van der Waals surface area (Å²) in [5, 5.41) is 11.0. The number of aliphatic carboxylic acids is 1. The lowest BCUT2D eigenvalue weighted by Gasteiger charge is -2.23. The van der Waals surface area contributed by atoms with E-state index >= 15 is 0 Å². The lowest BCUT2D eigenvalue weighted by atomic mass is 10.1. The van der Waals surface area contributed by atoms with Crippen molar-refractivity contribution in [3.05, 3.63) is 21.9 Å². The highest BCUT2D eigenvalue weighted by atomic mass is 32.1. The second kappa shape index (κ2) is 5.95. The molecule has 0 unspecified atom stereocenters. The Bertz CT molecular complexity index is 511. The molecular formula is C15H21NO3S. The summed E-state index contributed by atoms with van der Waals surface area (Å²) in [5.74, 6) is -0.861. The van der Waals surface area contributed by atoms with Gasteiger partial charge in [0.05, 0.1) is 5.92 Å². The molecule has 0 aliphatic heterocycles. The quantitative estimate of drug-likeness (QED) is 0.878. The molecule has 3 atom stereocenters. The number of carbonyl (C=O) groups is 2. The van der Waals surface area contributed by atoms with Crippen LogP contribution in [-0.4, -0.2) is 35.0 Å². The van der Waals surface area contributed by atoms with Crippen LogP contribution >= 0.6 is 11.3 Å². The van der Waals surface area contributed by atoms with Crippen LogP contribution in [0.2, 0.25) is 0 Å². The van der Waals surface area contributed by atoms with Crippen LogP contribution < -0.4 is 0 Å². The van der Waals surface area contributed by atoms with E-state index in [-0.39, 0.29) is 11.8 Å². The van der Waals surface area contributed by atoms with Gasteiger partial charge in [0.15, 0.2) is 0 Å². The Morgan fingerprint density at radius 3 is 2.75 bits per heavy atom. The fourth-order valence-corrected chi connectivity index (χ4v) is 3.65. The Labute approximate surface area is 123 Å². The predicted molar refractivity (Wildman–Crippen MR) is 79.0 cm³/mol. The molecule has 0 bridgehead atoms. The number of hydrogen-bond donors (Lipinski definition) is 1. The number of thiophene rings is 1. The summed E-state index contributed by atoms with van der Waals surface area (Å²) in [5.41, 5.74) is 1.26. The van der Waals surface area contributed by atoms with Gasteiger partial charge in [0, 0.05) is 29.8 Å². The second-order valence-corrected chi connectivity index (χ2v) is 6.48. The summed E-state index contributed by atoms with van der Waals surface area (Å²) in [7, 11) is 0. The van der Waals surface area contributed by atoms with Crippen molar-refractivity contribution in [1.82, 2.24) is 4.90 Å². The number of nitrogens with zero attached hydrogens (tertiary/aromatic N) is 1. The fourth-order valence-electron chi connectivity index (χ4n) is 2.54. The molecule has 0 spiro atoms. The van der Waals surface area contributed by atoms with Crippen LogP contribution in [-0.2, 0) is 9.59 Å². The van der Waals surface area contributed by atoms with Crippen molar-refractivity contribution in [3.63, 3.8) is 0 Å². The summed E-state index contributed by atoms with van der Waals surface area (Å²) in [4.78, 5) is 26.4. The molecule has 1 fully saturated rings. The van der Waals surface area contributed by atoms with Gasteiger partial charge in [-0.15, -0.1) is 11.3 Å². The summed E-state index contributed by atoms with van der Waals surface area (Å²) >= 11 is 1.71. The summed E-state index contributed by atoms with van der Waals surface area (Å²) < 4.78 is 0. The van der Waals surface area contributed by atoms with Crippen LogP contribution in [0.5, 0.6) is 0 Å². The molecule has 0 aromatic carbocycles. The summed E-state index contributed by atoms with van der Waals surface area (Å²) in [6, 6.07) is 2.09. The van der Waals surface area contributed by atoms with Crippen LogP contribution in [0.25, 0.3) is 0 Å². The molecule has 5 heteroatoms. The minimum atomic E-state index is -0.849. The number of hydrogen-bond acceptors (Lipinski definition) is 3. The van der Waals surface area contributed by atoms with E-state index in [9.17, 15) is 9.59 Å². The third kappa shape index (κ3) is 3.03. The zero-order valence-electron chi connectivity index (χ0n) is 12.1. The number of rotatable bonds is 6. The lowest BCUT2D eigenvalue weighted by molar-refractivity contribution is -0.143. The number of carboxylic acids is 1. The molecule has 1 saturated carbocycles. The van der Waals surface area contributed by atoms with Crippen molar-refractivity contribution in [2.45, 2.75) is 33.1 Å². The average molecular weight is 295 g/mol. The maximum atomic E-state index is 12.4. The molecule has 1 aliphatic carbocycles. The van der Waals surface area contributed by atoms with E-state index in [0.29, 0.717) is 19.0 Å². The molecule has 2 rings (SSSR count). The van der Waals surface area contributed by atoms with Gasteiger partial charge in [-0.05, 0) is 37.3 Å². The molecule has 1 aliphatic rings. The Balaban J connectivity index is 1.98. The summed E-state index contributed by atoms with van der Waals surface area (Å²) in [6.07, 6.45) is 0.901. The SMILES string of the molecule is CCN(C[C@H](C)C(=O)O)C(=O)[C@@H]1C[C@@H]1c1sccc1C. The highest BCUT2D eigenvalue weighted by Crippen LogP contribution is 2.51. The van der Waals surface area contributed by atoms with E-state index in [4.69, 9.17) is 5.11 Å². The highest BCUT2D eigenvalue weighted by molar-refractivity contribution is 7.10. The maximum Gasteiger partial charge on any atom is 0.308 e. The fraction of sp³-hybridized carbons (Fsp3) is 0.600. The molecule has 1 aromatic heterocycles. The van der Waals surface area contributed by atoms with Crippen molar-refractivity contribution in [1.29, 1.82) is 0 Å². The highest BCUT2D eigenvalue weighted by Gasteiger charge is 2.46. The van der Waals surface area contributed by atoms with E-state index < -0.39 is 11.9 Å². The third-order valence-corrected chi connectivity index (χ3v) is 5.11. The molecule has 0 radical (unpaired) electrons. The van der Waals surface area contributed by atoms with E-state index in [1.165, 1.54) is 10.4 Å². The van der Waals surface area contributed by atoms with Crippen molar-refractivity contribution < 1.29 is 14.7 Å². The summed E-state index contributed by atoms with van der Waals surface area (Å²) in [6.45, 7) is 6.50. The average Bonchev–Trinajstić information content (AvgIpc) is 3.09. The Hall–Kier alpha value is -1.36. The van der Waals surface area contributed by atoms with Gasteiger partial charge in [0.1, 0.15) is 0 Å². The minimum Gasteiger partial charge on any atom is -0.481 e. The van der Waals surface area contributed by atoms with E-state index in [1.807, 2.05) is 6.92 Å². The van der Waals surface area contributed by atoms with Crippen molar-refractivity contribution in [2.24, 2.45) is 11.8 Å². The van der Waals surface area contributed by atoms with Gasteiger partial charge in [-0.25, -0.2) is 0 Å². The van der Waals surface area contributed by atoms with Crippen molar-refractivity contribution in [3.8, 4) is 0 Å². The monoisotopic (exact) mass is 295 g/mol. The zero-order valence-corrected chi connectivity index (χ0v) is 12.9. The first kappa shape index (κ1) is 15.0. The van der Waals surface area contributed by atoms with Gasteiger partial charge in [0.25, 0.3) is 0 Å². The van der Waals surface area contributed by atoms with Crippen molar-refractivity contribution in [2.75, 3.05) is 13.1 Å². The van der Waals surface area contributed by atoms with Gasteiger partial charge < -0.3 is 10.0 Å². The van der Waals surface area contributed by atoms with Gasteiger partial charge in [0.2, 0.25) is 5.91 Å². The molecule has 4 nitrogen and oxygen atoms in total. The molecule has 20 heavy (non-hydrogen) atoms. The van der Waals surface area contributed by atoms with Crippen LogP contribution in [0.3, 0.4) is 0 Å². The van der Waals surface area contributed by atoms with Gasteiger partial charge >= 0.3 is 5.97 Å². The molecule has 0 saturated heterocycles. The molecular weight excluding hydrogens is 274 g/mol. The first-order chi connectivity index (χ1) is 9.45. The first-order valence-electron chi connectivity index (χ1n) is 7.01. The third-order valence-electron chi connectivity index (χ3n) is 3.96. The molecule has 1 amide bonds. The molecule has 1 aromatic rings. The molecule has 1 heterocycles. The van der Waals surface area contributed by atoms with Gasteiger partial charge in [-0.2, -0.15) is 0 Å². The molecule has 110 valence electrons. The van der Waals surface area contributed by atoms with Crippen LogP contribution in [0.4, 0.5) is 0 Å². The van der Waals surface area contributed by atoms with E-state index in [1.54, 1.807) is 23.2 Å². The Morgan fingerprint density at radius 2 is 2.25 bits per heavy atom. The van der Waals surface area contributed by atoms with Gasteiger partial charge in [-0.1, -0.05) is 6.92 Å². The van der Waals surface area contributed by atoms with E-state index in [2.05, 4.69) is 18.4 Å². The lowest BCUT2D eigenvalue weighted by Crippen LogP contribution is -2.37. The molecule has 1 N–H and O–H groups in total. The number of amides is 1. The van der Waals surface area contributed by atoms with Gasteiger partial charge in [-0.3, -0.25) is 9.59 Å². The van der Waals surface area contributed by atoms with Crippen LogP contribution in [0.15, 0.2) is 11.4 Å². The van der Waals surface area contributed by atoms with E-state index in [0.717, 1.165) is 6.42 Å². The van der Waals surface area contributed by atoms with Crippen molar-refractivity contribution >= 4 is 23.2 Å². The van der Waals surface area contributed by atoms with Crippen LogP contribution in [0, 0.1) is 18.8 Å².